The summed E-state index contributed by atoms with van der Waals surface area (Å²) < 4.78 is 4.85. The summed E-state index contributed by atoms with van der Waals surface area (Å²) >= 11 is 0. The molecule has 0 atom stereocenters. The van der Waals surface area contributed by atoms with E-state index in [0.29, 0.717) is 19.7 Å². The molecule has 1 aromatic carbocycles. The van der Waals surface area contributed by atoms with Crippen LogP contribution in [0.4, 0.5) is 4.79 Å². The molecule has 2 rings (SSSR count). The van der Waals surface area contributed by atoms with Crippen LogP contribution in [-0.2, 0) is 11.2 Å². The van der Waals surface area contributed by atoms with Gasteiger partial charge in [-0.2, -0.15) is 0 Å². The zero-order chi connectivity index (χ0) is 13.5. The second-order valence-corrected chi connectivity index (χ2v) is 4.32. The average Bonchev–Trinajstić information content (AvgIpc) is 2.86. The van der Waals surface area contributed by atoms with Gasteiger partial charge in [-0.25, -0.2) is 4.79 Å². The third-order valence-corrected chi connectivity index (χ3v) is 2.91. The van der Waals surface area contributed by atoms with Crippen LogP contribution in [0.15, 0.2) is 30.5 Å². The molecule has 1 heterocycles. The van der Waals surface area contributed by atoms with Gasteiger partial charge in [0, 0.05) is 31.9 Å². The Labute approximate surface area is 112 Å². The molecule has 5 heteroatoms. The van der Waals surface area contributed by atoms with Gasteiger partial charge in [0.15, 0.2) is 0 Å². The molecule has 3 N–H and O–H groups in total. The lowest BCUT2D eigenvalue weighted by Gasteiger charge is -2.07. The maximum Gasteiger partial charge on any atom is 0.314 e. The second kappa shape index (κ2) is 6.80. The first-order valence-corrected chi connectivity index (χ1v) is 6.36. The number of aromatic amines is 1. The number of methoxy groups -OCH3 is 1. The second-order valence-electron chi connectivity index (χ2n) is 4.32. The lowest BCUT2D eigenvalue weighted by Crippen LogP contribution is -2.38. The van der Waals surface area contributed by atoms with E-state index in [2.05, 4.69) is 33.8 Å². The maximum absolute atomic E-state index is 11.4. The molecule has 0 spiro atoms. The molecule has 0 fully saturated rings. The van der Waals surface area contributed by atoms with E-state index in [1.807, 2.05) is 12.3 Å². The number of nitrogens with one attached hydrogen (secondary N) is 3. The molecule has 2 aromatic rings. The van der Waals surface area contributed by atoms with E-state index in [1.54, 1.807) is 7.11 Å². The predicted octanol–water partition coefficient (Wildman–Crippen LogP) is 1.66. The van der Waals surface area contributed by atoms with Crippen LogP contribution in [0.3, 0.4) is 0 Å². The van der Waals surface area contributed by atoms with E-state index in [0.717, 1.165) is 11.9 Å². The summed E-state index contributed by atoms with van der Waals surface area (Å²) in [6.07, 6.45) is 2.74. The van der Waals surface area contributed by atoms with Gasteiger partial charge in [-0.1, -0.05) is 6.07 Å². The molecule has 5 nitrogen and oxygen atoms in total. The summed E-state index contributed by atoms with van der Waals surface area (Å²) in [5.74, 6) is 0. The molecule has 1 aromatic heterocycles. The van der Waals surface area contributed by atoms with Crippen molar-refractivity contribution in [3.8, 4) is 0 Å². The lowest BCUT2D eigenvalue weighted by molar-refractivity contribution is 0.196. The molecule has 0 radical (unpaired) electrons. The van der Waals surface area contributed by atoms with E-state index in [-0.39, 0.29) is 6.03 Å². The van der Waals surface area contributed by atoms with Gasteiger partial charge in [-0.3, -0.25) is 0 Å². The SMILES string of the molecule is COCCNC(=O)NCCc1ccc2[nH]ccc2c1. The highest BCUT2D eigenvalue weighted by Crippen LogP contribution is 2.14. The molecule has 0 saturated carbocycles. The zero-order valence-electron chi connectivity index (χ0n) is 11.0. The van der Waals surface area contributed by atoms with Gasteiger partial charge in [0.25, 0.3) is 0 Å². The monoisotopic (exact) mass is 261 g/mol. The summed E-state index contributed by atoms with van der Waals surface area (Å²) in [5.41, 5.74) is 2.35. The summed E-state index contributed by atoms with van der Waals surface area (Å²) in [6.45, 7) is 1.67. The highest BCUT2D eigenvalue weighted by molar-refractivity contribution is 5.80. The lowest BCUT2D eigenvalue weighted by atomic mass is 10.1. The van der Waals surface area contributed by atoms with Gasteiger partial charge < -0.3 is 20.4 Å². The van der Waals surface area contributed by atoms with Crippen molar-refractivity contribution in [2.75, 3.05) is 26.8 Å². The Morgan fingerprint density at radius 1 is 1.26 bits per heavy atom. The van der Waals surface area contributed by atoms with E-state index in [9.17, 15) is 4.79 Å². The minimum absolute atomic E-state index is 0.153. The van der Waals surface area contributed by atoms with Crippen LogP contribution in [0.25, 0.3) is 10.9 Å². The third-order valence-electron chi connectivity index (χ3n) is 2.91. The van der Waals surface area contributed by atoms with E-state index in [4.69, 9.17) is 4.74 Å². The highest BCUT2D eigenvalue weighted by Gasteiger charge is 2.00. The molecule has 0 aliphatic heterocycles. The number of aromatic nitrogens is 1. The predicted molar refractivity (Wildman–Crippen MR) is 75.3 cm³/mol. The Balaban J connectivity index is 1.74. The fourth-order valence-corrected chi connectivity index (χ4v) is 1.91. The number of hydrogen-bond acceptors (Lipinski definition) is 2. The first-order valence-electron chi connectivity index (χ1n) is 6.36. The number of urea groups is 1. The van der Waals surface area contributed by atoms with Gasteiger partial charge in [0.2, 0.25) is 0 Å². The number of fused-ring (bicyclic) bond motifs is 1. The fraction of sp³-hybridized carbons (Fsp3) is 0.357. The molecule has 0 unspecified atom stereocenters. The highest BCUT2D eigenvalue weighted by atomic mass is 16.5. The molecule has 0 aliphatic carbocycles. The number of hydrogen-bond donors (Lipinski definition) is 3. The molecule has 0 aliphatic rings. The average molecular weight is 261 g/mol. The standard InChI is InChI=1S/C14H19N3O2/c1-19-9-8-17-14(18)16-6-4-11-2-3-13-12(10-11)5-7-15-13/h2-3,5,7,10,15H,4,6,8-9H2,1H3,(H2,16,17,18). The fourth-order valence-electron chi connectivity index (χ4n) is 1.91. The molecule has 0 saturated heterocycles. The third kappa shape index (κ3) is 3.99. The van der Waals surface area contributed by atoms with Gasteiger partial charge in [-0.15, -0.1) is 0 Å². The number of ether oxygens (including phenoxy) is 1. The number of carbonyl (C=O) groups is 1. The van der Waals surface area contributed by atoms with E-state index < -0.39 is 0 Å². The first-order chi connectivity index (χ1) is 9.29. The van der Waals surface area contributed by atoms with Gasteiger partial charge in [0.1, 0.15) is 0 Å². The summed E-state index contributed by atoms with van der Waals surface area (Å²) in [6, 6.07) is 8.16. The summed E-state index contributed by atoms with van der Waals surface area (Å²) in [4.78, 5) is 14.6. The van der Waals surface area contributed by atoms with Crippen molar-refractivity contribution < 1.29 is 9.53 Å². The van der Waals surface area contributed by atoms with Crippen molar-refractivity contribution >= 4 is 16.9 Å². The minimum atomic E-state index is -0.153. The Morgan fingerprint density at radius 2 is 2.11 bits per heavy atom. The van der Waals surface area contributed by atoms with E-state index >= 15 is 0 Å². The number of rotatable bonds is 6. The van der Waals surface area contributed by atoms with Gasteiger partial charge >= 0.3 is 6.03 Å². The van der Waals surface area contributed by atoms with Gasteiger partial charge in [0.05, 0.1) is 6.61 Å². The largest absolute Gasteiger partial charge is 0.383 e. The Hall–Kier alpha value is -2.01. The Bertz CT molecular complexity index is 536. The maximum atomic E-state index is 11.4. The van der Waals surface area contributed by atoms with Crippen LogP contribution >= 0.6 is 0 Å². The number of amides is 2. The summed E-state index contributed by atoms with van der Waals surface area (Å²) in [7, 11) is 1.61. The molecule has 19 heavy (non-hydrogen) atoms. The van der Waals surface area contributed by atoms with Crippen molar-refractivity contribution in [1.29, 1.82) is 0 Å². The molecular formula is C14H19N3O2. The smallest absolute Gasteiger partial charge is 0.314 e. The Morgan fingerprint density at radius 3 is 2.95 bits per heavy atom. The topological polar surface area (TPSA) is 66.2 Å². The molecule has 2 amide bonds. The van der Waals surface area contributed by atoms with Gasteiger partial charge in [-0.05, 0) is 35.6 Å². The molecule has 0 bridgehead atoms. The van der Waals surface area contributed by atoms with Crippen molar-refractivity contribution in [2.45, 2.75) is 6.42 Å². The minimum Gasteiger partial charge on any atom is -0.383 e. The van der Waals surface area contributed by atoms with Crippen molar-refractivity contribution in [1.82, 2.24) is 15.6 Å². The van der Waals surface area contributed by atoms with Crippen molar-refractivity contribution in [3.63, 3.8) is 0 Å². The van der Waals surface area contributed by atoms with E-state index in [1.165, 1.54) is 10.9 Å². The van der Waals surface area contributed by atoms with Crippen LogP contribution in [0.2, 0.25) is 0 Å². The first kappa shape index (κ1) is 13.4. The van der Waals surface area contributed by atoms with Crippen LogP contribution in [0.5, 0.6) is 0 Å². The van der Waals surface area contributed by atoms with Crippen LogP contribution in [-0.4, -0.2) is 37.8 Å². The number of carbonyl (C=O) groups excluding carboxylic acids is 1. The van der Waals surface area contributed by atoms with Crippen LogP contribution in [0.1, 0.15) is 5.56 Å². The Kier molecular flexibility index (Phi) is 4.80. The van der Waals surface area contributed by atoms with Crippen LogP contribution < -0.4 is 10.6 Å². The zero-order valence-corrected chi connectivity index (χ0v) is 11.0. The molecule has 102 valence electrons. The number of benzene rings is 1. The van der Waals surface area contributed by atoms with Crippen LogP contribution in [0, 0.1) is 0 Å². The number of H-pyrrole nitrogens is 1. The summed E-state index contributed by atoms with van der Waals surface area (Å²) in [5, 5.41) is 6.73. The van der Waals surface area contributed by atoms with Crippen molar-refractivity contribution in [3.05, 3.63) is 36.0 Å². The van der Waals surface area contributed by atoms with Crippen molar-refractivity contribution in [2.24, 2.45) is 0 Å². The molecular weight excluding hydrogens is 242 g/mol. The quantitative estimate of drug-likeness (QED) is 0.692. The normalized spacial score (nSPS) is 10.6.